The fraction of sp³-hybridized carbons (Fsp3) is 0.300. The van der Waals surface area contributed by atoms with Crippen LogP contribution in [0.3, 0.4) is 0 Å². The van der Waals surface area contributed by atoms with Gasteiger partial charge in [-0.25, -0.2) is 0 Å². The van der Waals surface area contributed by atoms with E-state index in [-0.39, 0.29) is 11.7 Å². The summed E-state index contributed by atoms with van der Waals surface area (Å²) in [6.07, 6.45) is 2.18. The number of nitrogens with zero attached hydrogens (tertiary/aromatic N) is 1. The van der Waals surface area contributed by atoms with E-state index in [4.69, 9.17) is 0 Å². The summed E-state index contributed by atoms with van der Waals surface area (Å²) in [4.78, 5) is 25.7. The van der Waals surface area contributed by atoms with Crippen molar-refractivity contribution in [1.29, 1.82) is 0 Å². The second kappa shape index (κ2) is 3.94. The van der Waals surface area contributed by atoms with E-state index in [1.807, 2.05) is 0 Å². The number of aromatic nitrogens is 1. The summed E-state index contributed by atoms with van der Waals surface area (Å²) in [6, 6.07) is 3.08. The zero-order valence-corrected chi connectivity index (χ0v) is 7.65. The van der Waals surface area contributed by atoms with Gasteiger partial charge in [0.15, 0.2) is 5.78 Å². The van der Waals surface area contributed by atoms with Gasteiger partial charge in [-0.2, -0.15) is 0 Å². The molecule has 0 aliphatic heterocycles. The Morgan fingerprint density at radius 3 is 2.77 bits per heavy atom. The number of Topliss-reactive ketones (excluding diaryl/α,β-unsaturated/α-hetero) is 1. The Kier molecular flexibility index (Phi) is 2.90. The normalized spacial score (nSPS) is 10.1. The molecule has 0 amide bonds. The fourth-order valence-corrected chi connectivity index (χ4v) is 0.951. The first kappa shape index (κ1) is 9.58. The van der Waals surface area contributed by atoms with E-state index < -0.39 is 0 Å². The molecule has 0 radical (unpaired) electrons. The molecule has 0 bridgehead atoms. The Hall–Kier alpha value is -1.51. The summed E-state index contributed by atoms with van der Waals surface area (Å²) in [6.45, 7) is 3.61. The minimum absolute atomic E-state index is 0.0382. The molecule has 13 heavy (non-hydrogen) atoms. The van der Waals surface area contributed by atoms with E-state index in [9.17, 15) is 9.59 Å². The van der Waals surface area contributed by atoms with Crippen molar-refractivity contribution in [2.75, 3.05) is 0 Å². The van der Waals surface area contributed by atoms with Crippen LogP contribution in [0.2, 0.25) is 0 Å². The minimum atomic E-state index is -0.0885. The van der Waals surface area contributed by atoms with Crippen LogP contribution in [0.4, 0.5) is 0 Å². The lowest BCUT2D eigenvalue weighted by atomic mass is 10.0. The molecular weight excluding hydrogens is 166 g/mol. The Labute approximate surface area is 76.8 Å². The Morgan fingerprint density at radius 1 is 1.54 bits per heavy atom. The molecule has 0 saturated heterocycles. The molecule has 0 spiro atoms. The third-order valence-electron chi connectivity index (χ3n) is 1.70. The molecule has 0 saturated carbocycles. The summed E-state index contributed by atoms with van der Waals surface area (Å²) in [5.74, 6) is -0.127. The molecule has 3 nitrogen and oxygen atoms in total. The summed E-state index contributed by atoms with van der Waals surface area (Å²) in [5.41, 5.74) is 0.846. The Bertz CT molecular complexity index is 331. The summed E-state index contributed by atoms with van der Waals surface area (Å²) < 4.78 is 0. The molecule has 0 aromatic carbocycles. The Balaban J connectivity index is 3.01. The molecule has 68 valence electrons. The summed E-state index contributed by atoms with van der Waals surface area (Å²) in [7, 11) is 0. The number of pyridine rings is 1. The lowest BCUT2D eigenvalue weighted by molar-refractivity contribution is 0.0934. The third kappa shape index (κ3) is 2.21. The van der Waals surface area contributed by atoms with Crippen molar-refractivity contribution in [3.05, 3.63) is 29.6 Å². The smallest absolute Gasteiger partial charge is 0.183 e. The average Bonchev–Trinajstić information content (AvgIpc) is 2.16. The predicted octanol–water partition coefficient (Wildman–Crippen LogP) is 1.73. The molecule has 1 aromatic heterocycles. The van der Waals surface area contributed by atoms with Crippen LogP contribution >= 0.6 is 0 Å². The first-order valence-electron chi connectivity index (χ1n) is 4.10. The van der Waals surface area contributed by atoms with E-state index >= 15 is 0 Å². The van der Waals surface area contributed by atoms with Gasteiger partial charge in [-0.15, -0.1) is 0 Å². The highest BCUT2D eigenvalue weighted by Gasteiger charge is 2.11. The number of carbonyl (C=O) groups excluding carboxylic acids is 2. The predicted molar refractivity (Wildman–Crippen MR) is 48.8 cm³/mol. The molecular formula is C10H11NO2. The number of hydrogen-bond acceptors (Lipinski definition) is 3. The van der Waals surface area contributed by atoms with E-state index in [1.165, 1.54) is 12.3 Å². The molecule has 0 N–H and O–H groups in total. The van der Waals surface area contributed by atoms with Crippen LogP contribution in [0.5, 0.6) is 0 Å². The second-order valence-corrected chi connectivity index (χ2v) is 3.11. The van der Waals surface area contributed by atoms with Crippen LogP contribution in [0.25, 0.3) is 0 Å². The lowest BCUT2D eigenvalue weighted by Crippen LogP contribution is -2.09. The van der Waals surface area contributed by atoms with Crippen molar-refractivity contribution in [2.24, 2.45) is 5.92 Å². The SMILES string of the molecule is CC(C)C(=O)c1cc(C=O)ccn1. The van der Waals surface area contributed by atoms with Gasteiger partial charge < -0.3 is 0 Å². The number of rotatable bonds is 3. The van der Waals surface area contributed by atoms with Crippen LogP contribution in [0, 0.1) is 5.92 Å². The van der Waals surface area contributed by atoms with Crippen molar-refractivity contribution in [2.45, 2.75) is 13.8 Å². The largest absolute Gasteiger partial charge is 0.298 e. The number of ketones is 1. The molecule has 3 heteroatoms. The van der Waals surface area contributed by atoms with Crippen LogP contribution in [-0.2, 0) is 0 Å². The lowest BCUT2D eigenvalue weighted by Gasteiger charge is -2.02. The zero-order valence-electron chi connectivity index (χ0n) is 7.65. The van der Waals surface area contributed by atoms with Crippen LogP contribution < -0.4 is 0 Å². The van der Waals surface area contributed by atoms with Crippen LogP contribution in [0.15, 0.2) is 18.3 Å². The van der Waals surface area contributed by atoms with Gasteiger partial charge in [0.05, 0.1) is 0 Å². The topological polar surface area (TPSA) is 47.0 Å². The number of aldehydes is 1. The molecule has 1 heterocycles. The van der Waals surface area contributed by atoms with Crippen molar-refractivity contribution < 1.29 is 9.59 Å². The van der Waals surface area contributed by atoms with Gasteiger partial charge in [0, 0.05) is 17.7 Å². The summed E-state index contributed by atoms with van der Waals surface area (Å²) >= 11 is 0. The zero-order chi connectivity index (χ0) is 9.84. The van der Waals surface area contributed by atoms with Crippen molar-refractivity contribution in [1.82, 2.24) is 4.98 Å². The molecule has 0 unspecified atom stereocenters. The van der Waals surface area contributed by atoms with Crippen molar-refractivity contribution in [3.63, 3.8) is 0 Å². The first-order valence-corrected chi connectivity index (χ1v) is 4.10. The first-order chi connectivity index (χ1) is 6.15. The van der Waals surface area contributed by atoms with E-state index in [1.54, 1.807) is 19.9 Å². The van der Waals surface area contributed by atoms with Crippen LogP contribution in [0.1, 0.15) is 34.7 Å². The maximum Gasteiger partial charge on any atom is 0.183 e. The molecule has 0 aliphatic rings. The molecule has 0 aliphatic carbocycles. The van der Waals surface area contributed by atoms with Crippen molar-refractivity contribution >= 4 is 12.1 Å². The van der Waals surface area contributed by atoms with Gasteiger partial charge in [-0.3, -0.25) is 14.6 Å². The van der Waals surface area contributed by atoms with E-state index in [0.717, 1.165) is 0 Å². The van der Waals surface area contributed by atoms with E-state index in [0.29, 0.717) is 17.5 Å². The molecule has 1 rings (SSSR count). The highest BCUT2D eigenvalue weighted by molar-refractivity contribution is 5.96. The van der Waals surface area contributed by atoms with E-state index in [2.05, 4.69) is 4.98 Å². The van der Waals surface area contributed by atoms with Gasteiger partial charge in [-0.05, 0) is 12.1 Å². The van der Waals surface area contributed by atoms with Gasteiger partial charge in [0.25, 0.3) is 0 Å². The molecule has 1 aromatic rings. The molecule has 0 atom stereocenters. The van der Waals surface area contributed by atoms with Gasteiger partial charge in [-0.1, -0.05) is 13.8 Å². The average molecular weight is 177 g/mol. The number of carbonyl (C=O) groups is 2. The second-order valence-electron chi connectivity index (χ2n) is 3.11. The third-order valence-corrected chi connectivity index (χ3v) is 1.70. The van der Waals surface area contributed by atoms with Crippen molar-refractivity contribution in [3.8, 4) is 0 Å². The maximum absolute atomic E-state index is 11.4. The summed E-state index contributed by atoms with van der Waals surface area (Å²) in [5, 5.41) is 0. The minimum Gasteiger partial charge on any atom is -0.298 e. The highest BCUT2D eigenvalue weighted by atomic mass is 16.1. The van der Waals surface area contributed by atoms with Gasteiger partial charge in [0.2, 0.25) is 0 Å². The standard InChI is InChI=1S/C10H11NO2/c1-7(2)10(13)9-5-8(6-12)3-4-11-9/h3-7H,1-2H3. The fourth-order valence-electron chi connectivity index (χ4n) is 0.951. The van der Waals surface area contributed by atoms with Gasteiger partial charge in [0.1, 0.15) is 12.0 Å². The maximum atomic E-state index is 11.4. The molecule has 0 fully saturated rings. The highest BCUT2D eigenvalue weighted by Crippen LogP contribution is 2.06. The Morgan fingerprint density at radius 2 is 2.23 bits per heavy atom. The van der Waals surface area contributed by atoms with Gasteiger partial charge >= 0.3 is 0 Å². The number of hydrogen-bond donors (Lipinski definition) is 0. The van der Waals surface area contributed by atoms with Crippen LogP contribution in [-0.4, -0.2) is 17.1 Å². The quantitative estimate of drug-likeness (QED) is 0.521. The monoisotopic (exact) mass is 177 g/mol.